The smallest absolute Gasteiger partial charge is 0.167 e. The maximum atomic E-state index is 12.6. The fraction of sp³-hybridized carbons (Fsp3) is 0.200. The predicted molar refractivity (Wildman–Crippen MR) is 95.3 cm³/mol. The van der Waals surface area contributed by atoms with E-state index < -0.39 is 0 Å². The van der Waals surface area contributed by atoms with E-state index in [0.717, 1.165) is 33.4 Å². The first-order valence-corrected chi connectivity index (χ1v) is 7.70. The summed E-state index contributed by atoms with van der Waals surface area (Å²) in [7, 11) is 3.97. The number of fused-ring (bicyclic) bond motifs is 1. The molecule has 3 aromatic rings. The number of anilines is 1. The Bertz CT molecular complexity index is 851. The van der Waals surface area contributed by atoms with Crippen molar-refractivity contribution in [1.82, 2.24) is 4.98 Å². The largest absolute Gasteiger partial charge is 0.378 e. The third-order valence-electron chi connectivity index (χ3n) is 4.00. The van der Waals surface area contributed by atoms with Crippen LogP contribution in [0.25, 0.3) is 10.9 Å². The Morgan fingerprint density at radius 1 is 1.00 bits per heavy atom. The monoisotopic (exact) mass is 304 g/mol. The molecule has 0 N–H and O–H groups in total. The molecule has 0 amide bonds. The average molecular weight is 304 g/mol. The number of carbonyl (C=O) groups excluding carboxylic acids is 1. The second-order valence-corrected chi connectivity index (χ2v) is 5.98. The topological polar surface area (TPSA) is 33.2 Å². The quantitative estimate of drug-likeness (QED) is 0.682. The van der Waals surface area contributed by atoms with Gasteiger partial charge in [-0.05, 0) is 42.8 Å². The first-order chi connectivity index (χ1) is 11.0. The van der Waals surface area contributed by atoms with Crippen LogP contribution in [0, 0.1) is 6.92 Å². The van der Waals surface area contributed by atoms with Crippen LogP contribution in [-0.4, -0.2) is 24.9 Å². The molecule has 3 nitrogen and oxygen atoms in total. The number of para-hydroxylation sites is 1. The van der Waals surface area contributed by atoms with Gasteiger partial charge in [0.1, 0.15) is 0 Å². The number of aromatic nitrogens is 1. The Kier molecular flexibility index (Phi) is 4.11. The van der Waals surface area contributed by atoms with Gasteiger partial charge < -0.3 is 4.90 Å². The lowest BCUT2D eigenvalue weighted by atomic mass is 10.00. The zero-order chi connectivity index (χ0) is 16.4. The molecule has 0 bridgehead atoms. The lowest BCUT2D eigenvalue weighted by molar-refractivity contribution is 0.0993. The molecule has 23 heavy (non-hydrogen) atoms. The number of nitrogens with zero attached hydrogens (tertiary/aromatic N) is 2. The van der Waals surface area contributed by atoms with Gasteiger partial charge in [0.05, 0.1) is 5.52 Å². The van der Waals surface area contributed by atoms with E-state index in [4.69, 9.17) is 0 Å². The second kappa shape index (κ2) is 6.21. The van der Waals surface area contributed by atoms with Crippen molar-refractivity contribution in [1.29, 1.82) is 0 Å². The molecule has 2 aromatic carbocycles. The Hall–Kier alpha value is -2.68. The molecule has 0 fully saturated rings. The minimum absolute atomic E-state index is 0.117. The summed E-state index contributed by atoms with van der Waals surface area (Å²) >= 11 is 0. The molecular formula is C20H20N2O. The number of carbonyl (C=O) groups is 1. The summed E-state index contributed by atoms with van der Waals surface area (Å²) in [6.45, 7) is 1.97. The van der Waals surface area contributed by atoms with Crippen molar-refractivity contribution in [3.8, 4) is 0 Å². The molecular weight excluding hydrogens is 284 g/mol. The Labute approximate surface area is 136 Å². The highest BCUT2D eigenvalue weighted by atomic mass is 16.1. The number of rotatable bonds is 4. The van der Waals surface area contributed by atoms with E-state index >= 15 is 0 Å². The fourth-order valence-electron chi connectivity index (χ4n) is 2.67. The number of pyridine rings is 1. The maximum Gasteiger partial charge on any atom is 0.167 e. The van der Waals surface area contributed by atoms with Crippen molar-refractivity contribution < 1.29 is 4.79 Å². The number of Topliss-reactive ketones (excluding diaryl/α,β-unsaturated/α-hetero) is 1. The fourth-order valence-corrected chi connectivity index (χ4v) is 2.67. The van der Waals surface area contributed by atoms with Crippen LogP contribution in [-0.2, 0) is 6.42 Å². The molecule has 116 valence electrons. The SMILES string of the molecule is Cc1ccc2cccc(CC(=O)c3ccc(N(C)C)cc3)c2n1. The highest BCUT2D eigenvalue weighted by Gasteiger charge is 2.11. The number of hydrogen-bond acceptors (Lipinski definition) is 3. The third-order valence-corrected chi connectivity index (χ3v) is 4.00. The van der Waals surface area contributed by atoms with E-state index in [2.05, 4.69) is 11.1 Å². The average Bonchev–Trinajstić information content (AvgIpc) is 2.55. The first-order valence-electron chi connectivity index (χ1n) is 7.70. The normalized spacial score (nSPS) is 10.7. The predicted octanol–water partition coefficient (Wildman–Crippen LogP) is 4.03. The second-order valence-electron chi connectivity index (χ2n) is 5.98. The summed E-state index contributed by atoms with van der Waals surface area (Å²) in [4.78, 5) is 19.2. The third kappa shape index (κ3) is 3.24. The van der Waals surface area contributed by atoms with Crippen molar-refractivity contribution in [3.63, 3.8) is 0 Å². The Morgan fingerprint density at radius 2 is 1.74 bits per heavy atom. The molecule has 1 heterocycles. The Morgan fingerprint density at radius 3 is 2.43 bits per heavy atom. The highest BCUT2D eigenvalue weighted by Crippen LogP contribution is 2.20. The molecule has 0 aliphatic heterocycles. The molecule has 1 aromatic heterocycles. The van der Waals surface area contributed by atoms with Gasteiger partial charge in [0, 0.05) is 42.8 Å². The van der Waals surface area contributed by atoms with Gasteiger partial charge >= 0.3 is 0 Å². The van der Waals surface area contributed by atoms with E-state index in [0.29, 0.717) is 6.42 Å². The van der Waals surface area contributed by atoms with Crippen LogP contribution < -0.4 is 4.90 Å². The minimum Gasteiger partial charge on any atom is -0.378 e. The summed E-state index contributed by atoms with van der Waals surface area (Å²) in [5, 5.41) is 1.07. The highest BCUT2D eigenvalue weighted by molar-refractivity contribution is 5.99. The summed E-state index contributed by atoms with van der Waals surface area (Å²) < 4.78 is 0. The molecule has 0 aliphatic rings. The van der Waals surface area contributed by atoms with E-state index in [1.54, 1.807) is 0 Å². The zero-order valence-corrected chi connectivity index (χ0v) is 13.7. The molecule has 0 atom stereocenters. The standard InChI is InChI=1S/C20H20N2O/c1-14-7-8-16-5-4-6-17(20(16)21-14)13-19(23)15-9-11-18(12-10-15)22(2)3/h4-12H,13H2,1-3H3. The van der Waals surface area contributed by atoms with Crippen LogP contribution in [0.4, 0.5) is 5.69 Å². The summed E-state index contributed by atoms with van der Waals surface area (Å²) in [5.74, 6) is 0.117. The van der Waals surface area contributed by atoms with E-state index in [1.165, 1.54) is 0 Å². The number of hydrogen-bond donors (Lipinski definition) is 0. The molecule has 3 rings (SSSR count). The molecule has 0 saturated carbocycles. The maximum absolute atomic E-state index is 12.6. The van der Waals surface area contributed by atoms with Crippen LogP contribution in [0.1, 0.15) is 21.6 Å². The van der Waals surface area contributed by atoms with Crippen molar-refractivity contribution in [2.24, 2.45) is 0 Å². The summed E-state index contributed by atoms with van der Waals surface area (Å²) in [5.41, 5.74) is 4.69. The molecule has 0 spiro atoms. The van der Waals surface area contributed by atoms with Gasteiger partial charge in [0.2, 0.25) is 0 Å². The van der Waals surface area contributed by atoms with Crippen LogP contribution in [0.3, 0.4) is 0 Å². The van der Waals surface area contributed by atoms with Gasteiger partial charge in [0.25, 0.3) is 0 Å². The van der Waals surface area contributed by atoms with Crippen molar-refractivity contribution in [2.75, 3.05) is 19.0 Å². The van der Waals surface area contributed by atoms with Gasteiger partial charge in [-0.25, -0.2) is 0 Å². The number of ketones is 1. The van der Waals surface area contributed by atoms with Gasteiger partial charge in [0.15, 0.2) is 5.78 Å². The van der Waals surface area contributed by atoms with E-state index in [-0.39, 0.29) is 5.78 Å². The van der Waals surface area contributed by atoms with Crippen molar-refractivity contribution in [3.05, 3.63) is 71.4 Å². The zero-order valence-electron chi connectivity index (χ0n) is 13.7. The summed E-state index contributed by atoms with van der Waals surface area (Å²) in [6, 6.07) is 17.8. The lowest BCUT2D eigenvalue weighted by Crippen LogP contribution is -2.09. The number of benzene rings is 2. The lowest BCUT2D eigenvalue weighted by Gasteiger charge is -2.12. The molecule has 0 aliphatic carbocycles. The molecule has 0 saturated heterocycles. The van der Waals surface area contributed by atoms with E-state index in [9.17, 15) is 4.79 Å². The van der Waals surface area contributed by atoms with Gasteiger partial charge in [-0.15, -0.1) is 0 Å². The van der Waals surface area contributed by atoms with Crippen LogP contribution in [0.2, 0.25) is 0 Å². The van der Waals surface area contributed by atoms with Crippen molar-refractivity contribution in [2.45, 2.75) is 13.3 Å². The van der Waals surface area contributed by atoms with Crippen molar-refractivity contribution >= 4 is 22.4 Å². The van der Waals surface area contributed by atoms with Gasteiger partial charge in [-0.1, -0.05) is 24.3 Å². The summed E-state index contributed by atoms with van der Waals surface area (Å²) in [6.07, 6.45) is 0.370. The van der Waals surface area contributed by atoms with Gasteiger partial charge in [-0.2, -0.15) is 0 Å². The first kappa shape index (κ1) is 15.2. The molecule has 3 heteroatoms. The molecule has 0 unspecified atom stereocenters. The number of aryl methyl sites for hydroxylation is 1. The minimum atomic E-state index is 0.117. The van der Waals surface area contributed by atoms with Gasteiger partial charge in [-0.3, -0.25) is 9.78 Å². The van der Waals surface area contributed by atoms with Crippen LogP contribution >= 0.6 is 0 Å². The Balaban J connectivity index is 1.89. The molecule has 0 radical (unpaired) electrons. The van der Waals surface area contributed by atoms with Crippen LogP contribution in [0.5, 0.6) is 0 Å². The van der Waals surface area contributed by atoms with E-state index in [1.807, 2.05) is 74.4 Å². The van der Waals surface area contributed by atoms with Crippen LogP contribution in [0.15, 0.2) is 54.6 Å².